The average molecular weight is 190 g/mol. The van der Waals surface area contributed by atoms with E-state index in [1.807, 2.05) is 0 Å². The number of pyridine rings is 1. The van der Waals surface area contributed by atoms with E-state index in [-0.39, 0.29) is 6.67 Å². The lowest BCUT2D eigenvalue weighted by molar-refractivity contribution is 0.100. The van der Waals surface area contributed by atoms with Gasteiger partial charge in [-0.15, -0.1) is 0 Å². The molecule has 0 aliphatic rings. The molecule has 14 heavy (non-hydrogen) atoms. The molecule has 0 aliphatic heterocycles. The number of nitrogens with zero attached hydrogens (tertiary/aromatic N) is 2. The van der Waals surface area contributed by atoms with Crippen molar-refractivity contribution in [2.75, 3.05) is 0 Å². The van der Waals surface area contributed by atoms with Crippen LogP contribution >= 0.6 is 0 Å². The summed E-state index contributed by atoms with van der Waals surface area (Å²) in [6.45, 7) is 0.279. The number of fused-ring (bicyclic) bond motifs is 1. The van der Waals surface area contributed by atoms with Gasteiger partial charge in [0.05, 0.1) is 12.2 Å². The van der Waals surface area contributed by atoms with E-state index >= 15 is 0 Å². The first-order valence-electron chi connectivity index (χ1n) is 4.17. The van der Waals surface area contributed by atoms with Crippen LogP contribution in [0.3, 0.4) is 0 Å². The van der Waals surface area contributed by atoms with Crippen molar-refractivity contribution in [2.45, 2.75) is 6.67 Å². The zero-order chi connectivity index (χ0) is 10.1. The standard InChI is InChI=1S/C9H10N4O/c10-5-13-4-7(8(11)14)6-2-1-3-12-9(6)13/h1-4H,5,10H2,(H2,11,14). The molecular weight excluding hydrogens is 180 g/mol. The normalized spacial score (nSPS) is 10.6. The summed E-state index contributed by atoms with van der Waals surface area (Å²) in [6, 6.07) is 3.56. The topological polar surface area (TPSA) is 86.9 Å². The number of primary amides is 1. The Morgan fingerprint density at radius 1 is 1.57 bits per heavy atom. The van der Waals surface area contributed by atoms with E-state index in [1.54, 1.807) is 29.1 Å². The average Bonchev–Trinajstić information content (AvgIpc) is 2.56. The van der Waals surface area contributed by atoms with E-state index in [1.165, 1.54) is 0 Å². The second-order valence-electron chi connectivity index (χ2n) is 2.93. The predicted octanol–water partition coefficient (Wildman–Crippen LogP) is 0.0514. The van der Waals surface area contributed by atoms with Gasteiger partial charge in [-0.25, -0.2) is 4.98 Å². The highest BCUT2D eigenvalue weighted by molar-refractivity contribution is 6.05. The number of rotatable bonds is 2. The molecular formula is C9H10N4O. The Labute approximate surface area is 80.3 Å². The molecule has 4 N–H and O–H groups in total. The van der Waals surface area contributed by atoms with Gasteiger partial charge in [0, 0.05) is 17.8 Å². The summed E-state index contributed by atoms with van der Waals surface area (Å²) >= 11 is 0. The minimum Gasteiger partial charge on any atom is -0.366 e. The van der Waals surface area contributed by atoms with Crippen molar-refractivity contribution in [3.63, 3.8) is 0 Å². The highest BCUT2D eigenvalue weighted by Gasteiger charge is 2.11. The Morgan fingerprint density at radius 3 is 3.00 bits per heavy atom. The summed E-state index contributed by atoms with van der Waals surface area (Å²) in [5, 5.41) is 0.741. The lowest BCUT2D eigenvalue weighted by Crippen LogP contribution is -2.10. The summed E-state index contributed by atoms with van der Waals surface area (Å²) in [5.74, 6) is -0.463. The Bertz CT molecular complexity index is 489. The van der Waals surface area contributed by atoms with Gasteiger partial charge in [-0.2, -0.15) is 0 Å². The maximum Gasteiger partial charge on any atom is 0.250 e. The van der Waals surface area contributed by atoms with Crippen LogP contribution in [0.2, 0.25) is 0 Å². The van der Waals surface area contributed by atoms with Crippen molar-refractivity contribution in [1.82, 2.24) is 9.55 Å². The highest BCUT2D eigenvalue weighted by atomic mass is 16.1. The van der Waals surface area contributed by atoms with Gasteiger partial charge < -0.3 is 16.0 Å². The first-order chi connectivity index (χ1) is 6.74. The van der Waals surface area contributed by atoms with Crippen LogP contribution in [0.1, 0.15) is 10.4 Å². The van der Waals surface area contributed by atoms with Crippen molar-refractivity contribution in [3.05, 3.63) is 30.1 Å². The summed E-state index contributed by atoms with van der Waals surface area (Å²) in [7, 11) is 0. The van der Waals surface area contributed by atoms with Crippen molar-refractivity contribution in [3.8, 4) is 0 Å². The largest absolute Gasteiger partial charge is 0.366 e. The second kappa shape index (κ2) is 3.12. The minimum absolute atomic E-state index is 0.279. The zero-order valence-corrected chi connectivity index (χ0v) is 7.47. The van der Waals surface area contributed by atoms with E-state index in [4.69, 9.17) is 11.5 Å². The van der Waals surface area contributed by atoms with E-state index < -0.39 is 5.91 Å². The second-order valence-corrected chi connectivity index (χ2v) is 2.93. The maximum atomic E-state index is 11.1. The van der Waals surface area contributed by atoms with Gasteiger partial charge in [0.25, 0.3) is 5.91 Å². The molecule has 72 valence electrons. The fourth-order valence-corrected chi connectivity index (χ4v) is 1.46. The first-order valence-corrected chi connectivity index (χ1v) is 4.17. The first kappa shape index (κ1) is 8.71. The molecule has 0 aliphatic carbocycles. The van der Waals surface area contributed by atoms with Crippen LogP contribution in [0, 0.1) is 0 Å². The molecule has 0 aromatic carbocycles. The van der Waals surface area contributed by atoms with Crippen LogP contribution in [-0.2, 0) is 6.67 Å². The number of amides is 1. The van der Waals surface area contributed by atoms with Crippen molar-refractivity contribution >= 4 is 16.9 Å². The number of aromatic nitrogens is 2. The number of carbonyl (C=O) groups excluding carboxylic acids is 1. The summed E-state index contributed by atoms with van der Waals surface area (Å²) < 4.78 is 1.69. The van der Waals surface area contributed by atoms with Crippen LogP contribution in [-0.4, -0.2) is 15.5 Å². The molecule has 2 heterocycles. The quantitative estimate of drug-likeness (QED) is 0.701. The third kappa shape index (κ3) is 1.14. The van der Waals surface area contributed by atoms with Crippen molar-refractivity contribution in [2.24, 2.45) is 11.5 Å². The SMILES string of the molecule is NCn1cc(C(N)=O)c2cccnc21. The molecule has 2 aromatic rings. The van der Waals surface area contributed by atoms with Gasteiger partial charge in [0.1, 0.15) is 5.65 Å². The van der Waals surface area contributed by atoms with Crippen LogP contribution in [0.25, 0.3) is 11.0 Å². The Balaban J connectivity index is 2.80. The van der Waals surface area contributed by atoms with Crippen LogP contribution in [0.5, 0.6) is 0 Å². The van der Waals surface area contributed by atoms with Gasteiger partial charge in [0.15, 0.2) is 0 Å². The molecule has 5 nitrogen and oxygen atoms in total. The Kier molecular flexibility index (Phi) is 1.94. The zero-order valence-electron chi connectivity index (χ0n) is 7.47. The molecule has 5 heteroatoms. The van der Waals surface area contributed by atoms with Crippen LogP contribution in [0.4, 0.5) is 0 Å². The Hall–Kier alpha value is -1.88. The van der Waals surface area contributed by atoms with Crippen LogP contribution in [0.15, 0.2) is 24.5 Å². The lowest BCUT2D eigenvalue weighted by atomic mass is 10.2. The number of nitrogens with two attached hydrogens (primary N) is 2. The summed E-state index contributed by atoms with van der Waals surface area (Å²) in [6.07, 6.45) is 3.28. The van der Waals surface area contributed by atoms with Crippen LogP contribution < -0.4 is 11.5 Å². The summed E-state index contributed by atoms with van der Waals surface area (Å²) in [4.78, 5) is 15.2. The maximum absolute atomic E-state index is 11.1. The van der Waals surface area contributed by atoms with E-state index in [0.717, 1.165) is 5.39 Å². The monoisotopic (exact) mass is 190 g/mol. The fourth-order valence-electron chi connectivity index (χ4n) is 1.46. The van der Waals surface area contributed by atoms with Crippen molar-refractivity contribution < 1.29 is 4.79 Å². The van der Waals surface area contributed by atoms with Gasteiger partial charge in [0.2, 0.25) is 0 Å². The minimum atomic E-state index is -0.463. The van der Waals surface area contributed by atoms with E-state index in [9.17, 15) is 4.79 Å². The molecule has 0 saturated carbocycles. The van der Waals surface area contributed by atoms with Crippen molar-refractivity contribution in [1.29, 1.82) is 0 Å². The van der Waals surface area contributed by atoms with E-state index in [2.05, 4.69) is 4.98 Å². The molecule has 0 unspecified atom stereocenters. The molecule has 0 fully saturated rings. The number of carbonyl (C=O) groups is 1. The van der Waals surface area contributed by atoms with Gasteiger partial charge >= 0.3 is 0 Å². The fraction of sp³-hybridized carbons (Fsp3) is 0.111. The number of hydrogen-bond donors (Lipinski definition) is 2. The molecule has 1 amide bonds. The Morgan fingerprint density at radius 2 is 2.36 bits per heavy atom. The van der Waals surface area contributed by atoms with Gasteiger partial charge in [-0.3, -0.25) is 4.79 Å². The molecule has 0 atom stereocenters. The molecule has 0 bridgehead atoms. The molecule has 0 saturated heterocycles. The smallest absolute Gasteiger partial charge is 0.250 e. The molecule has 2 rings (SSSR count). The third-order valence-corrected chi connectivity index (χ3v) is 2.10. The predicted molar refractivity (Wildman–Crippen MR) is 52.4 cm³/mol. The molecule has 2 aromatic heterocycles. The van der Waals surface area contributed by atoms with E-state index in [0.29, 0.717) is 11.2 Å². The third-order valence-electron chi connectivity index (χ3n) is 2.10. The van der Waals surface area contributed by atoms with Gasteiger partial charge in [-0.1, -0.05) is 0 Å². The lowest BCUT2D eigenvalue weighted by Gasteiger charge is -1.96. The number of hydrogen-bond acceptors (Lipinski definition) is 3. The highest BCUT2D eigenvalue weighted by Crippen LogP contribution is 2.17. The molecule has 0 spiro atoms. The van der Waals surface area contributed by atoms with Gasteiger partial charge in [-0.05, 0) is 12.1 Å². The summed E-state index contributed by atoms with van der Waals surface area (Å²) in [5.41, 5.74) is 11.9. The molecule has 0 radical (unpaired) electrons.